The second kappa shape index (κ2) is 13.2. The van der Waals surface area contributed by atoms with Gasteiger partial charge in [-0.05, 0) is 95.1 Å². The van der Waals surface area contributed by atoms with Gasteiger partial charge in [0.1, 0.15) is 0 Å². The number of fused-ring (bicyclic) bond motifs is 20. The molecule has 6 heterocycles. The molecule has 17 aromatic rings. The zero-order chi connectivity index (χ0) is 45.3. The van der Waals surface area contributed by atoms with E-state index in [0.29, 0.717) is 0 Å². The summed E-state index contributed by atoms with van der Waals surface area (Å²) in [6.45, 7) is 0. The maximum atomic E-state index is 2.57. The Bertz CT molecular complexity index is 4690. The Kier molecular flexibility index (Phi) is 6.92. The van der Waals surface area contributed by atoms with Crippen LogP contribution in [-0.4, -0.2) is 17.9 Å². The Labute approximate surface area is 400 Å². The highest BCUT2D eigenvalue weighted by atomic mass is 15.0. The van der Waals surface area contributed by atoms with Gasteiger partial charge >= 0.3 is 0 Å². The van der Waals surface area contributed by atoms with Crippen molar-refractivity contribution in [1.29, 1.82) is 0 Å². The van der Waals surface area contributed by atoms with Gasteiger partial charge in [-0.3, -0.25) is 0 Å². The van der Waals surface area contributed by atoms with E-state index in [0.717, 1.165) is 11.4 Å². The average molecular weight is 887 g/mol. The molecule has 0 atom stereocenters. The van der Waals surface area contributed by atoms with E-state index >= 15 is 0 Å². The molecule has 0 saturated heterocycles. The molecule has 0 aliphatic rings. The van der Waals surface area contributed by atoms with Crippen LogP contribution >= 0.6 is 0 Å². The van der Waals surface area contributed by atoms with Gasteiger partial charge in [0.2, 0.25) is 0 Å². The molecule has 0 spiro atoms. The van der Waals surface area contributed by atoms with Gasteiger partial charge in [-0.15, -0.1) is 0 Å². The summed E-state index contributed by atoms with van der Waals surface area (Å²) >= 11 is 0. The molecular weight excluding hydrogens is 849 g/mol. The molecule has 0 aliphatic carbocycles. The lowest BCUT2D eigenvalue weighted by Gasteiger charge is -2.10. The van der Waals surface area contributed by atoms with Gasteiger partial charge in [0, 0.05) is 76.0 Å². The second-order valence-corrected chi connectivity index (χ2v) is 19.2. The number of hydrogen-bond acceptors (Lipinski definition) is 0. The SMILES string of the molecule is c1ccc(-c2ccc(-n3c4ccccc4c4c5c6cc7c8c9c%10ccccc%10n(-c%10ccc(-c%11ccccc%11)cc%10)c9cc9c%10ccccc%10n(c7cc6n6c7ccccc7c(cc43)c56)c98)cc2)cc1. The molecule has 322 valence electrons. The van der Waals surface area contributed by atoms with E-state index in [1.54, 1.807) is 0 Å². The Hall–Kier alpha value is -9.38. The predicted molar refractivity (Wildman–Crippen MR) is 295 cm³/mol. The van der Waals surface area contributed by atoms with Gasteiger partial charge in [-0.1, -0.05) is 158 Å². The van der Waals surface area contributed by atoms with E-state index in [4.69, 9.17) is 0 Å². The largest absolute Gasteiger partial charge is 0.309 e. The summed E-state index contributed by atoms with van der Waals surface area (Å²) in [5.74, 6) is 0. The van der Waals surface area contributed by atoms with Gasteiger partial charge < -0.3 is 17.9 Å². The summed E-state index contributed by atoms with van der Waals surface area (Å²) in [7, 11) is 0. The van der Waals surface area contributed by atoms with Crippen molar-refractivity contribution in [2.24, 2.45) is 0 Å². The van der Waals surface area contributed by atoms with Crippen LogP contribution in [0, 0.1) is 0 Å². The summed E-state index contributed by atoms with van der Waals surface area (Å²) in [6.07, 6.45) is 0. The molecule has 0 N–H and O–H groups in total. The summed E-state index contributed by atoms with van der Waals surface area (Å²) in [5.41, 5.74) is 19.5. The number of benzene rings is 11. The molecule has 4 nitrogen and oxygen atoms in total. The minimum absolute atomic E-state index is 1.15. The first-order chi connectivity index (χ1) is 34.8. The first-order valence-corrected chi connectivity index (χ1v) is 24.3. The lowest BCUT2D eigenvalue weighted by molar-refractivity contribution is 1.18. The van der Waals surface area contributed by atoms with Crippen molar-refractivity contribution in [3.05, 3.63) is 231 Å². The first-order valence-electron chi connectivity index (χ1n) is 24.3. The second-order valence-electron chi connectivity index (χ2n) is 19.2. The van der Waals surface area contributed by atoms with Crippen LogP contribution in [0.25, 0.3) is 153 Å². The van der Waals surface area contributed by atoms with Crippen molar-refractivity contribution >= 4 is 120 Å². The van der Waals surface area contributed by atoms with Crippen LogP contribution in [0.1, 0.15) is 0 Å². The first kappa shape index (κ1) is 36.7. The average Bonchev–Trinajstić information content (AvgIpc) is 4.27. The smallest absolute Gasteiger partial charge is 0.0628 e. The number of nitrogens with zero attached hydrogens (tertiary/aromatic N) is 4. The molecule has 0 amide bonds. The lowest BCUT2D eigenvalue weighted by atomic mass is 9.99. The van der Waals surface area contributed by atoms with Crippen LogP contribution in [0.3, 0.4) is 0 Å². The predicted octanol–water partition coefficient (Wildman–Crippen LogP) is 17.5. The van der Waals surface area contributed by atoms with Crippen LogP contribution in [-0.2, 0) is 0 Å². The monoisotopic (exact) mass is 886 g/mol. The van der Waals surface area contributed by atoms with Crippen molar-refractivity contribution in [2.75, 3.05) is 0 Å². The molecule has 70 heavy (non-hydrogen) atoms. The number of para-hydroxylation sites is 4. The summed E-state index contributed by atoms with van der Waals surface area (Å²) < 4.78 is 10.1. The van der Waals surface area contributed by atoms with Gasteiger partial charge in [-0.2, -0.15) is 0 Å². The van der Waals surface area contributed by atoms with Gasteiger partial charge in [-0.25, -0.2) is 0 Å². The molecule has 0 aliphatic heterocycles. The van der Waals surface area contributed by atoms with Crippen LogP contribution in [0.5, 0.6) is 0 Å². The van der Waals surface area contributed by atoms with Gasteiger partial charge in [0.15, 0.2) is 0 Å². The van der Waals surface area contributed by atoms with E-state index in [9.17, 15) is 0 Å². The van der Waals surface area contributed by atoms with Crippen LogP contribution in [0.2, 0.25) is 0 Å². The number of rotatable bonds is 4. The summed E-state index contributed by atoms with van der Waals surface area (Å²) in [4.78, 5) is 0. The molecule has 17 rings (SSSR count). The molecule has 0 fully saturated rings. The van der Waals surface area contributed by atoms with Crippen LogP contribution in [0.4, 0.5) is 0 Å². The highest BCUT2D eigenvalue weighted by molar-refractivity contribution is 6.40. The molecule has 0 radical (unpaired) electrons. The minimum Gasteiger partial charge on any atom is -0.309 e. The van der Waals surface area contributed by atoms with Crippen molar-refractivity contribution in [2.45, 2.75) is 0 Å². The normalized spacial score (nSPS) is 12.6. The van der Waals surface area contributed by atoms with Crippen LogP contribution < -0.4 is 0 Å². The van der Waals surface area contributed by atoms with Crippen molar-refractivity contribution in [1.82, 2.24) is 17.9 Å². The van der Waals surface area contributed by atoms with Crippen molar-refractivity contribution < 1.29 is 0 Å². The maximum absolute atomic E-state index is 2.57. The Morgan fingerprint density at radius 1 is 0.200 bits per heavy atom. The van der Waals surface area contributed by atoms with E-state index in [2.05, 4.69) is 248 Å². The van der Waals surface area contributed by atoms with E-state index in [1.165, 1.54) is 142 Å². The number of hydrogen-bond donors (Lipinski definition) is 0. The van der Waals surface area contributed by atoms with Crippen LogP contribution in [0.15, 0.2) is 231 Å². The fourth-order valence-electron chi connectivity index (χ4n) is 12.9. The zero-order valence-corrected chi connectivity index (χ0v) is 37.7. The Balaban J connectivity index is 1.03. The third kappa shape index (κ3) is 4.56. The van der Waals surface area contributed by atoms with Crippen molar-refractivity contribution in [3.8, 4) is 33.6 Å². The summed E-state index contributed by atoms with van der Waals surface area (Å²) in [5, 5.41) is 15.4. The quantitative estimate of drug-likeness (QED) is 0.168. The minimum atomic E-state index is 1.15. The third-order valence-electron chi connectivity index (χ3n) is 15.8. The Morgan fingerprint density at radius 3 is 0.986 bits per heavy atom. The molecule has 0 bridgehead atoms. The molecule has 0 unspecified atom stereocenters. The zero-order valence-electron chi connectivity index (χ0n) is 37.7. The standard InChI is InChI=1S/C66H38N4/c1-3-15-39(16-4-1)41-27-31-43(32-28-41)67-55-25-13-9-21-47(55)61-59(67)36-49-45-19-7-11-23-53(45)69-57-38-58-52(35-51(57)63(61)65(49)69)64-62-48-22-10-14-26-56(48)68(44-33-29-42(30-34-44)40-17-5-2-6-18-40)60(62)37-50-46-20-8-12-24-54(46)70(58)66(50)64/h1-38H. The molecule has 11 aromatic carbocycles. The highest BCUT2D eigenvalue weighted by Crippen LogP contribution is 2.51. The van der Waals surface area contributed by atoms with Crippen molar-refractivity contribution in [3.63, 3.8) is 0 Å². The highest BCUT2D eigenvalue weighted by Gasteiger charge is 2.28. The number of aromatic nitrogens is 4. The fourth-order valence-corrected chi connectivity index (χ4v) is 12.9. The van der Waals surface area contributed by atoms with E-state index in [-0.39, 0.29) is 0 Å². The topological polar surface area (TPSA) is 18.7 Å². The molecule has 0 saturated carbocycles. The lowest BCUT2D eigenvalue weighted by Crippen LogP contribution is -1.93. The molecule has 6 aromatic heterocycles. The molecule has 4 heteroatoms. The van der Waals surface area contributed by atoms with Gasteiger partial charge in [0.25, 0.3) is 0 Å². The fraction of sp³-hybridized carbons (Fsp3) is 0. The Morgan fingerprint density at radius 2 is 0.557 bits per heavy atom. The van der Waals surface area contributed by atoms with Gasteiger partial charge in [0.05, 0.1) is 55.2 Å². The maximum Gasteiger partial charge on any atom is 0.0628 e. The van der Waals surface area contributed by atoms with E-state index in [1.807, 2.05) is 0 Å². The van der Waals surface area contributed by atoms with E-state index < -0.39 is 0 Å². The molecular formula is C66H38N4. The summed E-state index contributed by atoms with van der Waals surface area (Å²) in [6, 6.07) is 85.7. The third-order valence-corrected chi connectivity index (χ3v) is 15.8.